The molecule has 4 nitrogen and oxygen atoms in total. The van der Waals surface area contributed by atoms with Gasteiger partial charge in [0.05, 0.1) is 0 Å². The fourth-order valence-corrected chi connectivity index (χ4v) is 2.27. The largest absolute Gasteiger partial charge is 0.477 e. The molecule has 100 valence electrons. The lowest BCUT2D eigenvalue weighted by Crippen LogP contribution is -2.31. The summed E-state index contributed by atoms with van der Waals surface area (Å²) < 4.78 is 0. The van der Waals surface area contributed by atoms with E-state index in [1.807, 2.05) is 31.2 Å². The summed E-state index contributed by atoms with van der Waals surface area (Å²) in [6.45, 7) is 6.99. The lowest BCUT2D eigenvalue weighted by atomic mass is 10.1. The average molecular weight is 258 g/mol. The molecule has 0 spiro atoms. The van der Waals surface area contributed by atoms with Crippen molar-refractivity contribution in [3.8, 4) is 0 Å². The highest BCUT2D eigenvalue weighted by Gasteiger charge is 2.16. The van der Waals surface area contributed by atoms with Gasteiger partial charge in [0.1, 0.15) is 5.82 Å². The molecule has 1 aromatic heterocycles. The topological polar surface area (TPSA) is 53.4 Å². The zero-order valence-corrected chi connectivity index (χ0v) is 11.4. The first-order chi connectivity index (χ1) is 9.04. The van der Waals surface area contributed by atoms with E-state index in [1.54, 1.807) is 6.07 Å². The van der Waals surface area contributed by atoms with Gasteiger partial charge in [-0.25, -0.2) is 9.78 Å². The quantitative estimate of drug-likeness (QED) is 0.915. The Balaban J connectivity index is 2.72. The van der Waals surface area contributed by atoms with Crippen molar-refractivity contribution in [1.29, 1.82) is 0 Å². The molecule has 0 aliphatic heterocycles. The van der Waals surface area contributed by atoms with Crippen molar-refractivity contribution in [2.45, 2.75) is 26.8 Å². The van der Waals surface area contributed by atoms with E-state index in [-0.39, 0.29) is 11.7 Å². The molecule has 2 aromatic rings. The van der Waals surface area contributed by atoms with Crippen molar-refractivity contribution in [3.05, 3.63) is 36.0 Å². The van der Waals surface area contributed by atoms with Crippen LogP contribution in [0.15, 0.2) is 30.3 Å². The lowest BCUT2D eigenvalue weighted by molar-refractivity contribution is 0.0691. The summed E-state index contributed by atoms with van der Waals surface area (Å²) in [7, 11) is 0. The summed E-state index contributed by atoms with van der Waals surface area (Å²) in [6, 6.07) is 9.64. The minimum Gasteiger partial charge on any atom is -0.477 e. The van der Waals surface area contributed by atoms with Crippen LogP contribution < -0.4 is 4.90 Å². The number of aromatic carboxylic acids is 1. The molecule has 0 fully saturated rings. The van der Waals surface area contributed by atoms with Crippen molar-refractivity contribution in [2.24, 2.45) is 0 Å². The van der Waals surface area contributed by atoms with Gasteiger partial charge in [0.25, 0.3) is 0 Å². The molecule has 0 bridgehead atoms. The Labute approximate surface area is 112 Å². The SMILES string of the molecule is CCN(c1nc(C(=O)O)cc2ccccc12)C(C)C. The molecule has 0 aliphatic carbocycles. The Morgan fingerprint density at radius 3 is 2.63 bits per heavy atom. The maximum atomic E-state index is 11.2. The third-order valence-electron chi connectivity index (χ3n) is 3.18. The number of rotatable bonds is 4. The van der Waals surface area contributed by atoms with Crippen LogP contribution in [0.2, 0.25) is 0 Å². The van der Waals surface area contributed by atoms with Crippen LogP contribution in [0.25, 0.3) is 10.8 Å². The van der Waals surface area contributed by atoms with Gasteiger partial charge in [0, 0.05) is 18.0 Å². The molecule has 4 heteroatoms. The highest BCUT2D eigenvalue weighted by molar-refractivity contribution is 5.98. The van der Waals surface area contributed by atoms with Crippen LogP contribution >= 0.6 is 0 Å². The van der Waals surface area contributed by atoms with Gasteiger partial charge >= 0.3 is 5.97 Å². The van der Waals surface area contributed by atoms with Crippen LogP contribution in [0.1, 0.15) is 31.3 Å². The number of carboxylic acids is 1. The van der Waals surface area contributed by atoms with Crippen LogP contribution in [0, 0.1) is 0 Å². The number of pyridine rings is 1. The van der Waals surface area contributed by atoms with Crippen LogP contribution in [-0.2, 0) is 0 Å². The number of carboxylic acid groups (broad SMARTS) is 1. The molecule has 1 aromatic carbocycles. The van der Waals surface area contributed by atoms with E-state index in [2.05, 4.69) is 23.7 Å². The second-order valence-electron chi connectivity index (χ2n) is 4.74. The van der Waals surface area contributed by atoms with Gasteiger partial charge in [-0.05, 0) is 32.2 Å². The molecule has 1 N–H and O–H groups in total. The van der Waals surface area contributed by atoms with E-state index in [0.29, 0.717) is 0 Å². The molecule has 0 saturated heterocycles. The van der Waals surface area contributed by atoms with Crippen LogP contribution in [0.4, 0.5) is 5.82 Å². The Morgan fingerprint density at radius 1 is 1.37 bits per heavy atom. The third-order valence-corrected chi connectivity index (χ3v) is 3.18. The van der Waals surface area contributed by atoms with E-state index in [0.717, 1.165) is 23.1 Å². The second-order valence-corrected chi connectivity index (χ2v) is 4.74. The van der Waals surface area contributed by atoms with Crippen LogP contribution in [-0.4, -0.2) is 28.6 Å². The molecule has 2 rings (SSSR count). The molecule has 0 aliphatic rings. The number of benzene rings is 1. The monoisotopic (exact) mass is 258 g/mol. The molecule has 0 atom stereocenters. The minimum absolute atomic E-state index is 0.0906. The average Bonchev–Trinajstić information content (AvgIpc) is 2.38. The van der Waals surface area contributed by atoms with Crippen LogP contribution in [0.3, 0.4) is 0 Å². The van der Waals surface area contributed by atoms with E-state index in [9.17, 15) is 9.90 Å². The summed E-state index contributed by atoms with van der Waals surface area (Å²) in [4.78, 5) is 17.6. The molecular weight excluding hydrogens is 240 g/mol. The minimum atomic E-state index is -0.994. The summed E-state index contributed by atoms with van der Waals surface area (Å²) in [5.41, 5.74) is 0.0906. The van der Waals surface area contributed by atoms with Gasteiger partial charge in [0.15, 0.2) is 5.69 Å². The first-order valence-electron chi connectivity index (χ1n) is 6.44. The van der Waals surface area contributed by atoms with Crippen molar-refractivity contribution >= 4 is 22.6 Å². The van der Waals surface area contributed by atoms with Crippen molar-refractivity contribution in [3.63, 3.8) is 0 Å². The zero-order valence-electron chi connectivity index (χ0n) is 11.4. The number of hydrogen-bond acceptors (Lipinski definition) is 3. The number of carbonyl (C=O) groups is 1. The number of fused-ring (bicyclic) bond motifs is 1. The second kappa shape index (κ2) is 5.26. The molecule has 1 heterocycles. The van der Waals surface area contributed by atoms with E-state index in [1.165, 1.54) is 0 Å². The van der Waals surface area contributed by atoms with Crippen molar-refractivity contribution in [2.75, 3.05) is 11.4 Å². The number of hydrogen-bond donors (Lipinski definition) is 1. The van der Waals surface area contributed by atoms with Crippen molar-refractivity contribution in [1.82, 2.24) is 4.98 Å². The zero-order chi connectivity index (χ0) is 14.0. The van der Waals surface area contributed by atoms with E-state index < -0.39 is 5.97 Å². The smallest absolute Gasteiger partial charge is 0.354 e. The van der Waals surface area contributed by atoms with Gasteiger partial charge in [-0.3, -0.25) is 0 Å². The van der Waals surface area contributed by atoms with E-state index in [4.69, 9.17) is 0 Å². The molecular formula is C15H18N2O2. The molecule has 0 unspecified atom stereocenters. The predicted octanol–water partition coefficient (Wildman–Crippen LogP) is 3.17. The third kappa shape index (κ3) is 2.52. The van der Waals surface area contributed by atoms with Crippen molar-refractivity contribution < 1.29 is 9.90 Å². The van der Waals surface area contributed by atoms with Gasteiger partial charge in [0.2, 0.25) is 0 Å². The first kappa shape index (κ1) is 13.3. The summed E-state index contributed by atoms with van der Waals surface area (Å²) >= 11 is 0. The Morgan fingerprint density at radius 2 is 2.05 bits per heavy atom. The molecule has 0 amide bonds. The fraction of sp³-hybridized carbons (Fsp3) is 0.333. The number of nitrogens with zero attached hydrogens (tertiary/aromatic N) is 2. The molecule has 19 heavy (non-hydrogen) atoms. The summed E-state index contributed by atoms with van der Waals surface area (Å²) in [5.74, 6) is -0.250. The normalized spacial score (nSPS) is 10.9. The Kier molecular flexibility index (Phi) is 3.69. The Hall–Kier alpha value is -2.10. The van der Waals surface area contributed by atoms with Gasteiger partial charge in [-0.15, -0.1) is 0 Å². The summed E-state index contributed by atoms with van der Waals surface area (Å²) in [6.07, 6.45) is 0. The first-order valence-corrected chi connectivity index (χ1v) is 6.44. The maximum absolute atomic E-state index is 11.2. The van der Waals surface area contributed by atoms with E-state index >= 15 is 0 Å². The lowest BCUT2D eigenvalue weighted by Gasteiger charge is -2.27. The van der Waals surface area contributed by atoms with Gasteiger partial charge in [-0.1, -0.05) is 24.3 Å². The number of anilines is 1. The highest BCUT2D eigenvalue weighted by Crippen LogP contribution is 2.27. The predicted molar refractivity (Wildman–Crippen MR) is 76.9 cm³/mol. The fourth-order valence-electron chi connectivity index (χ4n) is 2.27. The number of aromatic nitrogens is 1. The van der Waals surface area contributed by atoms with Gasteiger partial charge < -0.3 is 10.0 Å². The molecule has 0 saturated carbocycles. The highest BCUT2D eigenvalue weighted by atomic mass is 16.4. The van der Waals surface area contributed by atoms with Gasteiger partial charge in [-0.2, -0.15) is 0 Å². The maximum Gasteiger partial charge on any atom is 0.354 e. The Bertz CT molecular complexity index is 608. The summed E-state index contributed by atoms with van der Waals surface area (Å²) in [5, 5.41) is 11.1. The molecule has 0 radical (unpaired) electrons. The van der Waals surface area contributed by atoms with Crippen LogP contribution in [0.5, 0.6) is 0 Å². The standard InChI is InChI=1S/C15H18N2O2/c1-4-17(10(2)3)14-12-8-6-5-7-11(12)9-13(16-14)15(18)19/h5-10H,4H2,1-3H3,(H,18,19).